The van der Waals surface area contributed by atoms with Crippen molar-refractivity contribution >= 4 is 33.2 Å². The number of hydrogen-bond donors (Lipinski definition) is 1. The third kappa shape index (κ3) is 3.95. The topological polar surface area (TPSA) is 62.6 Å². The molecule has 0 amide bonds. The zero-order chi connectivity index (χ0) is 17.2. The monoisotopic (exact) mass is 388 g/mol. The van der Waals surface area contributed by atoms with E-state index in [1.54, 1.807) is 18.4 Å². The highest BCUT2D eigenvalue weighted by atomic mass is 35.5. The van der Waals surface area contributed by atoms with E-state index in [1.165, 1.54) is 12.1 Å². The maximum atomic E-state index is 12.6. The number of sulfonamides is 1. The van der Waals surface area contributed by atoms with Crippen LogP contribution in [-0.2, 0) is 10.0 Å². The zero-order valence-electron chi connectivity index (χ0n) is 12.9. The molecule has 0 aliphatic carbocycles. The summed E-state index contributed by atoms with van der Waals surface area (Å²) in [6.07, 6.45) is 3.80. The molecule has 0 spiro atoms. The van der Waals surface area contributed by atoms with Gasteiger partial charge in [0.2, 0.25) is 10.0 Å². The van der Waals surface area contributed by atoms with Crippen LogP contribution in [0.25, 0.3) is 0 Å². The fourth-order valence-corrected chi connectivity index (χ4v) is 4.69. The molecule has 1 saturated heterocycles. The summed E-state index contributed by atoms with van der Waals surface area (Å²) in [6, 6.07) is 7.91. The first kappa shape index (κ1) is 17.8. The molecule has 0 bridgehead atoms. The number of likely N-dealkylation sites (tertiary alicyclic amines) is 1. The van der Waals surface area contributed by atoms with E-state index >= 15 is 0 Å². The van der Waals surface area contributed by atoms with Gasteiger partial charge in [-0.15, -0.1) is 0 Å². The molecule has 1 unspecified atom stereocenters. The van der Waals surface area contributed by atoms with Crippen molar-refractivity contribution in [1.82, 2.24) is 9.62 Å². The van der Waals surface area contributed by atoms with Crippen LogP contribution in [0.15, 0.2) is 45.9 Å². The van der Waals surface area contributed by atoms with E-state index < -0.39 is 10.0 Å². The van der Waals surface area contributed by atoms with Gasteiger partial charge in [0.05, 0.1) is 17.3 Å². The van der Waals surface area contributed by atoms with Crippen LogP contribution in [0.3, 0.4) is 0 Å². The highest BCUT2D eigenvalue weighted by Gasteiger charge is 2.28. The second kappa shape index (κ2) is 7.45. The van der Waals surface area contributed by atoms with Crippen molar-refractivity contribution in [1.29, 1.82) is 0 Å². The molecule has 3 rings (SSSR count). The van der Waals surface area contributed by atoms with Crippen LogP contribution in [0.1, 0.15) is 24.6 Å². The lowest BCUT2D eigenvalue weighted by molar-refractivity contribution is 0.216. The number of halogens is 2. The molecule has 2 aromatic rings. The number of rotatable bonds is 6. The SMILES string of the molecule is O=S(=O)(NCC(c1ccco1)N1CCCC1)c1cc(Cl)ccc1Cl. The first-order valence-electron chi connectivity index (χ1n) is 7.69. The van der Waals surface area contributed by atoms with Crippen LogP contribution in [0.2, 0.25) is 10.0 Å². The van der Waals surface area contributed by atoms with Crippen molar-refractivity contribution in [2.24, 2.45) is 0 Å². The molecule has 0 radical (unpaired) electrons. The molecular formula is C16H18Cl2N2O3S. The molecular weight excluding hydrogens is 371 g/mol. The van der Waals surface area contributed by atoms with E-state index in [4.69, 9.17) is 27.6 Å². The van der Waals surface area contributed by atoms with Crippen molar-refractivity contribution in [3.05, 3.63) is 52.4 Å². The minimum atomic E-state index is -3.76. The van der Waals surface area contributed by atoms with Crippen molar-refractivity contribution in [3.8, 4) is 0 Å². The van der Waals surface area contributed by atoms with Gasteiger partial charge in [-0.2, -0.15) is 0 Å². The molecule has 0 saturated carbocycles. The summed E-state index contributed by atoms with van der Waals surface area (Å²) in [4.78, 5) is 2.21. The number of nitrogens with one attached hydrogen (secondary N) is 1. The Kier molecular flexibility index (Phi) is 5.52. The van der Waals surface area contributed by atoms with Gasteiger partial charge in [-0.25, -0.2) is 13.1 Å². The third-order valence-corrected chi connectivity index (χ3v) is 6.24. The maximum Gasteiger partial charge on any atom is 0.242 e. The van der Waals surface area contributed by atoms with Gasteiger partial charge in [0.15, 0.2) is 0 Å². The van der Waals surface area contributed by atoms with Crippen molar-refractivity contribution in [2.75, 3.05) is 19.6 Å². The predicted molar refractivity (Wildman–Crippen MR) is 93.9 cm³/mol. The van der Waals surface area contributed by atoms with Gasteiger partial charge in [-0.3, -0.25) is 4.90 Å². The molecule has 2 heterocycles. The van der Waals surface area contributed by atoms with E-state index in [2.05, 4.69) is 9.62 Å². The van der Waals surface area contributed by atoms with Gasteiger partial charge in [0.1, 0.15) is 10.7 Å². The summed E-state index contributed by atoms with van der Waals surface area (Å²) < 4.78 is 33.3. The highest BCUT2D eigenvalue weighted by molar-refractivity contribution is 7.89. The van der Waals surface area contributed by atoms with Gasteiger partial charge < -0.3 is 4.42 Å². The number of furan rings is 1. The van der Waals surface area contributed by atoms with Crippen LogP contribution >= 0.6 is 23.2 Å². The van der Waals surface area contributed by atoms with Crippen molar-refractivity contribution < 1.29 is 12.8 Å². The van der Waals surface area contributed by atoms with E-state index in [1.807, 2.05) is 6.07 Å². The van der Waals surface area contributed by atoms with Gasteiger partial charge in [0.25, 0.3) is 0 Å². The van der Waals surface area contributed by atoms with E-state index in [0.29, 0.717) is 5.02 Å². The van der Waals surface area contributed by atoms with Crippen LogP contribution in [0, 0.1) is 0 Å². The number of nitrogens with zero attached hydrogens (tertiary/aromatic N) is 1. The number of benzene rings is 1. The molecule has 1 fully saturated rings. The molecule has 1 aliphatic heterocycles. The number of hydrogen-bond acceptors (Lipinski definition) is 4. The smallest absolute Gasteiger partial charge is 0.242 e. The predicted octanol–water partition coefficient (Wildman–Crippen LogP) is 3.70. The molecule has 1 N–H and O–H groups in total. The summed E-state index contributed by atoms with van der Waals surface area (Å²) in [7, 11) is -3.76. The molecule has 1 aromatic heterocycles. The molecule has 1 aliphatic rings. The van der Waals surface area contributed by atoms with Gasteiger partial charge in [-0.05, 0) is 56.3 Å². The van der Waals surface area contributed by atoms with E-state index in [0.717, 1.165) is 31.7 Å². The first-order valence-corrected chi connectivity index (χ1v) is 9.93. The highest BCUT2D eigenvalue weighted by Crippen LogP contribution is 2.27. The normalized spacial score (nSPS) is 17.2. The second-order valence-electron chi connectivity index (χ2n) is 5.70. The lowest BCUT2D eigenvalue weighted by Crippen LogP contribution is -2.36. The van der Waals surface area contributed by atoms with Crippen LogP contribution in [0.4, 0.5) is 0 Å². The van der Waals surface area contributed by atoms with Crippen LogP contribution in [-0.4, -0.2) is 33.0 Å². The summed E-state index contributed by atoms with van der Waals surface area (Å²) in [5.41, 5.74) is 0. The van der Waals surface area contributed by atoms with Crippen LogP contribution in [0.5, 0.6) is 0 Å². The first-order chi connectivity index (χ1) is 11.5. The molecule has 1 aromatic carbocycles. The van der Waals surface area contributed by atoms with Crippen LogP contribution < -0.4 is 4.72 Å². The molecule has 1 atom stereocenters. The second-order valence-corrected chi connectivity index (χ2v) is 8.28. The Hall–Kier alpha value is -1.05. The molecule has 130 valence electrons. The van der Waals surface area contributed by atoms with E-state index in [-0.39, 0.29) is 22.5 Å². The lowest BCUT2D eigenvalue weighted by atomic mass is 10.2. The van der Waals surface area contributed by atoms with Crippen molar-refractivity contribution in [2.45, 2.75) is 23.8 Å². The zero-order valence-corrected chi connectivity index (χ0v) is 15.2. The Morgan fingerprint density at radius 3 is 2.62 bits per heavy atom. The summed E-state index contributed by atoms with van der Waals surface area (Å²) >= 11 is 11.9. The average molecular weight is 389 g/mol. The summed E-state index contributed by atoms with van der Waals surface area (Å²) in [5.74, 6) is 0.747. The molecule has 8 heteroatoms. The maximum absolute atomic E-state index is 12.6. The largest absolute Gasteiger partial charge is 0.468 e. The molecule has 24 heavy (non-hydrogen) atoms. The Morgan fingerprint density at radius 1 is 1.21 bits per heavy atom. The Morgan fingerprint density at radius 2 is 1.96 bits per heavy atom. The minimum absolute atomic E-state index is 0.0173. The fourth-order valence-electron chi connectivity index (χ4n) is 2.89. The van der Waals surface area contributed by atoms with Crippen molar-refractivity contribution in [3.63, 3.8) is 0 Å². The van der Waals surface area contributed by atoms with E-state index in [9.17, 15) is 8.42 Å². The lowest BCUT2D eigenvalue weighted by Gasteiger charge is -2.26. The Bertz CT molecular complexity index is 788. The standard InChI is InChI=1S/C16H18Cl2N2O3S/c17-12-5-6-13(18)16(10-12)24(21,22)19-11-14(15-4-3-9-23-15)20-7-1-2-8-20/h3-6,9-10,14,19H,1-2,7-8,11H2. The van der Waals surface area contributed by atoms with Gasteiger partial charge >= 0.3 is 0 Å². The van der Waals surface area contributed by atoms with Gasteiger partial charge in [-0.1, -0.05) is 23.2 Å². The third-order valence-electron chi connectivity index (χ3n) is 4.10. The molecule has 5 nitrogen and oxygen atoms in total. The van der Waals surface area contributed by atoms with Gasteiger partial charge in [0, 0.05) is 11.6 Å². The average Bonchev–Trinajstić information content (AvgIpc) is 3.23. The fraction of sp³-hybridized carbons (Fsp3) is 0.375. The minimum Gasteiger partial charge on any atom is -0.468 e. The summed E-state index contributed by atoms with van der Waals surface area (Å²) in [5, 5.41) is 0.463. The Labute approximate surface area is 151 Å². The Balaban J connectivity index is 1.79. The summed E-state index contributed by atoms with van der Waals surface area (Å²) in [6.45, 7) is 2.05. The quantitative estimate of drug-likeness (QED) is 0.819.